The Kier molecular flexibility index (Phi) is 5.34. The standard InChI is InChI=1S/C18H12Cl4FNO3/c1-7-10(17(26)27)5-9(6-11(7)19)24-16(25)15-14(18(15,21)22)8-2-3-13(23)12(20)4-8/h2-6,14-15H,1H3,(H,24,25)(H,26,27). The molecule has 1 aliphatic carbocycles. The fraction of sp³-hybridized carbons (Fsp3) is 0.222. The molecule has 0 heterocycles. The molecule has 2 aromatic rings. The summed E-state index contributed by atoms with van der Waals surface area (Å²) >= 11 is 24.3. The van der Waals surface area contributed by atoms with Gasteiger partial charge >= 0.3 is 5.97 Å². The number of hydrogen-bond donors (Lipinski definition) is 2. The second-order valence-corrected chi connectivity index (χ2v) is 8.49. The van der Waals surface area contributed by atoms with E-state index in [0.29, 0.717) is 11.1 Å². The Morgan fingerprint density at radius 3 is 2.41 bits per heavy atom. The van der Waals surface area contributed by atoms with Gasteiger partial charge in [-0.3, -0.25) is 4.79 Å². The van der Waals surface area contributed by atoms with E-state index in [4.69, 9.17) is 46.4 Å². The van der Waals surface area contributed by atoms with E-state index in [1.807, 2.05) is 0 Å². The molecule has 0 bridgehead atoms. The number of carboxylic acid groups (broad SMARTS) is 1. The number of hydrogen-bond acceptors (Lipinski definition) is 2. The highest BCUT2D eigenvalue weighted by Crippen LogP contribution is 2.65. The number of benzene rings is 2. The van der Waals surface area contributed by atoms with Crippen molar-refractivity contribution in [3.05, 3.63) is 62.9 Å². The molecule has 0 aromatic heterocycles. The molecule has 2 N–H and O–H groups in total. The normalized spacial score (nSPS) is 20.2. The van der Waals surface area contributed by atoms with Crippen LogP contribution in [0.2, 0.25) is 10.0 Å². The molecule has 142 valence electrons. The van der Waals surface area contributed by atoms with Gasteiger partial charge in [0.05, 0.1) is 16.5 Å². The molecule has 1 amide bonds. The van der Waals surface area contributed by atoms with Crippen LogP contribution in [0.25, 0.3) is 0 Å². The molecular formula is C18H12Cl4FNO3. The number of halogens is 5. The Balaban J connectivity index is 1.84. The van der Waals surface area contributed by atoms with Crippen molar-refractivity contribution in [1.82, 2.24) is 0 Å². The van der Waals surface area contributed by atoms with Gasteiger partial charge in [0, 0.05) is 16.6 Å². The highest BCUT2D eigenvalue weighted by Gasteiger charge is 2.67. The molecule has 3 rings (SSSR count). The van der Waals surface area contributed by atoms with Crippen molar-refractivity contribution in [3.63, 3.8) is 0 Å². The lowest BCUT2D eigenvalue weighted by atomic mass is 10.1. The smallest absolute Gasteiger partial charge is 0.336 e. The minimum absolute atomic E-state index is 0.0292. The molecule has 2 unspecified atom stereocenters. The first-order valence-electron chi connectivity index (χ1n) is 7.71. The zero-order chi connectivity index (χ0) is 20.1. The third kappa shape index (κ3) is 3.74. The number of anilines is 1. The molecule has 1 aliphatic rings. The topological polar surface area (TPSA) is 66.4 Å². The molecule has 2 atom stereocenters. The Bertz CT molecular complexity index is 964. The largest absolute Gasteiger partial charge is 0.478 e. The van der Waals surface area contributed by atoms with Crippen molar-refractivity contribution in [2.75, 3.05) is 5.32 Å². The van der Waals surface area contributed by atoms with Crippen LogP contribution >= 0.6 is 46.4 Å². The summed E-state index contributed by atoms with van der Waals surface area (Å²) in [6.07, 6.45) is 0. The van der Waals surface area contributed by atoms with Crippen molar-refractivity contribution in [2.24, 2.45) is 5.92 Å². The second-order valence-electron chi connectivity index (χ2n) is 6.23. The maximum atomic E-state index is 13.4. The van der Waals surface area contributed by atoms with Gasteiger partial charge in [0.1, 0.15) is 10.2 Å². The Morgan fingerprint density at radius 1 is 1.15 bits per heavy atom. The number of carbonyl (C=O) groups is 2. The van der Waals surface area contributed by atoms with E-state index < -0.39 is 33.9 Å². The first kappa shape index (κ1) is 20.2. The van der Waals surface area contributed by atoms with Crippen LogP contribution < -0.4 is 5.32 Å². The molecule has 0 saturated heterocycles. The third-order valence-electron chi connectivity index (χ3n) is 4.48. The molecule has 0 spiro atoms. The van der Waals surface area contributed by atoms with Crippen LogP contribution in [0.15, 0.2) is 30.3 Å². The summed E-state index contributed by atoms with van der Waals surface area (Å²) in [6, 6.07) is 6.76. The van der Waals surface area contributed by atoms with Gasteiger partial charge in [-0.25, -0.2) is 9.18 Å². The van der Waals surface area contributed by atoms with Gasteiger partial charge in [-0.05, 0) is 42.3 Å². The van der Waals surface area contributed by atoms with Crippen LogP contribution in [-0.2, 0) is 4.79 Å². The minimum atomic E-state index is -1.39. The SMILES string of the molecule is Cc1c(Cl)cc(NC(=O)C2C(c3ccc(F)c(Cl)c3)C2(Cl)Cl)cc1C(=O)O. The van der Waals surface area contributed by atoms with Crippen molar-refractivity contribution in [1.29, 1.82) is 0 Å². The highest BCUT2D eigenvalue weighted by molar-refractivity contribution is 6.53. The van der Waals surface area contributed by atoms with Gasteiger partial charge in [0.25, 0.3) is 0 Å². The third-order valence-corrected chi connectivity index (χ3v) is 6.10. The number of carbonyl (C=O) groups excluding carboxylic acids is 1. The van der Waals surface area contributed by atoms with Gasteiger partial charge in [-0.2, -0.15) is 0 Å². The fourth-order valence-electron chi connectivity index (χ4n) is 2.97. The highest BCUT2D eigenvalue weighted by atomic mass is 35.5. The summed E-state index contributed by atoms with van der Waals surface area (Å²) in [5.74, 6) is -3.68. The monoisotopic (exact) mass is 449 g/mol. The zero-order valence-electron chi connectivity index (χ0n) is 13.7. The number of rotatable bonds is 4. The van der Waals surface area contributed by atoms with Crippen molar-refractivity contribution >= 4 is 64.0 Å². The lowest BCUT2D eigenvalue weighted by Gasteiger charge is -2.10. The lowest BCUT2D eigenvalue weighted by molar-refractivity contribution is -0.117. The molecular weight excluding hydrogens is 439 g/mol. The molecule has 1 fully saturated rings. The average Bonchev–Trinajstić information content (AvgIpc) is 3.15. The van der Waals surface area contributed by atoms with Crippen molar-refractivity contribution in [3.8, 4) is 0 Å². The number of aromatic carboxylic acids is 1. The van der Waals surface area contributed by atoms with E-state index >= 15 is 0 Å². The molecule has 27 heavy (non-hydrogen) atoms. The molecule has 4 nitrogen and oxygen atoms in total. The molecule has 9 heteroatoms. The first-order valence-corrected chi connectivity index (χ1v) is 9.22. The molecule has 0 aliphatic heterocycles. The summed E-state index contributed by atoms with van der Waals surface area (Å²) in [4.78, 5) is 23.9. The number of nitrogens with one attached hydrogen (secondary N) is 1. The van der Waals surface area contributed by atoms with Crippen LogP contribution in [-0.4, -0.2) is 21.3 Å². The quantitative estimate of drug-likeness (QED) is 0.590. The predicted molar refractivity (Wildman–Crippen MR) is 104 cm³/mol. The van der Waals surface area contributed by atoms with Gasteiger partial charge < -0.3 is 10.4 Å². The van der Waals surface area contributed by atoms with E-state index in [-0.39, 0.29) is 21.3 Å². The van der Waals surface area contributed by atoms with E-state index in [0.717, 1.165) is 0 Å². The first-order chi connectivity index (χ1) is 12.5. The Morgan fingerprint density at radius 2 is 1.81 bits per heavy atom. The van der Waals surface area contributed by atoms with Gasteiger partial charge in [-0.15, -0.1) is 23.2 Å². The maximum Gasteiger partial charge on any atom is 0.336 e. The summed E-state index contributed by atoms with van der Waals surface area (Å²) < 4.78 is 12.0. The maximum absolute atomic E-state index is 13.4. The van der Waals surface area contributed by atoms with E-state index in [1.54, 1.807) is 6.92 Å². The number of carboxylic acids is 1. The van der Waals surface area contributed by atoms with Crippen molar-refractivity contribution in [2.45, 2.75) is 17.2 Å². The summed E-state index contributed by atoms with van der Waals surface area (Å²) in [5, 5.41) is 11.9. The van der Waals surface area contributed by atoms with Crippen molar-refractivity contribution < 1.29 is 19.1 Å². The minimum Gasteiger partial charge on any atom is -0.478 e. The lowest BCUT2D eigenvalue weighted by Crippen LogP contribution is -2.17. The summed E-state index contributed by atoms with van der Waals surface area (Å²) in [6.45, 7) is 1.56. The van der Waals surface area contributed by atoms with Crippen LogP contribution in [0, 0.1) is 18.7 Å². The predicted octanol–water partition coefficient (Wildman–Crippen LogP) is 5.67. The molecule has 2 aromatic carbocycles. The van der Waals surface area contributed by atoms with E-state index in [2.05, 4.69) is 5.32 Å². The van der Waals surface area contributed by atoms with Crippen LogP contribution in [0.3, 0.4) is 0 Å². The zero-order valence-corrected chi connectivity index (χ0v) is 16.7. The van der Waals surface area contributed by atoms with Gasteiger partial charge in [0.2, 0.25) is 5.91 Å². The second kappa shape index (κ2) is 7.13. The molecule has 1 saturated carbocycles. The fourth-order valence-corrected chi connectivity index (χ4v) is 4.20. The summed E-state index contributed by atoms with van der Waals surface area (Å²) in [7, 11) is 0. The Labute approximate surface area is 174 Å². The van der Waals surface area contributed by atoms with Crippen LogP contribution in [0.1, 0.15) is 27.4 Å². The summed E-state index contributed by atoms with van der Waals surface area (Å²) in [5.41, 5.74) is 1.09. The number of amides is 1. The van der Waals surface area contributed by atoms with Crippen LogP contribution in [0.4, 0.5) is 10.1 Å². The van der Waals surface area contributed by atoms with Crippen LogP contribution in [0.5, 0.6) is 0 Å². The number of alkyl halides is 2. The van der Waals surface area contributed by atoms with E-state index in [9.17, 15) is 19.1 Å². The van der Waals surface area contributed by atoms with Gasteiger partial charge in [-0.1, -0.05) is 29.3 Å². The molecule has 0 radical (unpaired) electrons. The van der Waals surface area contributed by atoms with Gasteiger partial charge in [0.15, 0.2) is 0 Å². The Hall–Kier alpha value is -1.53. The van der Waals surface area contributed by atoms with E-state index in [1.165, 1.54) is 30.3 Å². The average molecular weight is 451 g/mol.